The van der Waals surface area contributed by atoms with E-state index in [2.05, 4.69) is 10.00 Å². The van der Waals surface area contributed by atoms with Crippen LogP contribution in [0.15, 0.2) is 48.7 Å². The Kier molecular flexibility index (Phi) is 6.06. The molecule has 2 heterocycles. The highest BCUT2D eigenvalue weighted by Crippen LogP contribution is 2.27. The Morgan fingerprint density at radius 2 is 1.58 bits per heavy atom. The minimum Gasteiger partial charge on any atom is -0.298 e. The second kappa shape index (κ2) is 9.07. The van der Waals surface area contributed by atoms with E-state index in [9.17, 15) is 8.78 Å². The lowest BCUT2D eigenvalue weighted by Gasteiger charge is -2.32. The summed E-state index contributed by atoms with van der Waals surface area (Å²) in [5.74, 6) is -0.540. The molecule has 2 aromatic carbocycles. The third-order valence-electron chi connectivity index (χ3n) is 5.68. The van der Waals surface area contributed by atoms with Crippen molar-refractivity contribution in [1.29, 1.82) is 10.5 Å². The van der Waals surface area contributed by atoms with Crippen molar-refractivity contribution in [3.05, 3.63) is 88.2 Å². The molecule has 1 fully saturated rings. The minimum atomic E-state index is -0.413. The molecule has 156 valence electrons. The van der Waals surface area contributed by atoms with Gasteiger partial charge in [-0.2, -0.15) is 15.6 Å². The summed E-state index contributed by atoms with van der Waals surface area (Å²) >= 11 is 0. The predicted octanol–water partition coefficient (Wildman–Crippen LogP) is 4.33. The zero-order valence-electron chi connectivity index (χ0n) is 16.9. The standard InChI is InChI=1S/C24H21F2N5/c25-22-10-17(12-27)3-5-19(22)14-30-8-1-2-21(15-30)24-7-9-31(29-24)16-20-6-4-18(13-28)11-23(20)26/h3-7,9-11,21H,1-2,8,14-16H2. The zero-order valence-corrected chi connectivity index (χ0v) is 16.9. The lowest BCUT2D eigenvalue weighted by molar-refractivity contribution is 0.196. The third kappa shape index (κ3) is 4.79. The molecule has 1 aromatic heterocycles. The van der Waals surface area contributed by atoms with E-state index in [0.29, 0.717) is 35.3 Å². The van der Waals surface area contributed by atoms with Gasteiger partial charge in [0, 0.05) is 36.3 Å². The molecule has 1 aliphatic heterocycles. The minimum absolute atomic E-state index is 0.224. The van der Waals surface area contributed by atoms with E-state index in [4.69, 9.17) is 10.5 Å². The van der Waals surface area contributed by atoms with Crippen LogP contribution in [0.4, 0.5) is 8.78 Å². The number of likely N-dealkylation sites (tertiary alicyclic amines) is 1. The maximum atomic E-state index is 14.3. The van der Waals surface area contributed by atoms with Gasteiger partial charge in [0.2, 0.25) is 0 Å². The number of hydrogen-bond donors (Lipinski definition) is 0. The van der Waals surface area contributed by atoms with Crippen LogP contribution in [0.5, 0.6) is 0 Å². The number of rotatable bonds is 5. The fourth-order valence-corrected chi connectivity index (χ4v) is 4.03. The van der Waals surface area contributed by atoms with Gasteiger partial charge in [0.15, 0.2) is 0 Å². The van der Waals surface area contributed by atoms with Gasteiger partial charge in [0.25, 0.3) is 0 Å². The first kappa shape index (κ1) is 20.7. The number of nitrogens with zero attached hydrogens (tertiary/aromatic N) is 5. The van der Waals surface area contributed by atoms with E-state index in [1.807, 2.05) is 24.4 Å². The normalized spacial score (nSPS) is 16.6. The summed E-state index contributed by atoms with van der Waals surface area (Å²) in [4.78, 5) is 2.21. The van der Waals surface area contributed by atoms with Gasteiger partial charge in [-0.15, -0.1) is 0 Å². The number of nitriles is 2. The monoisotopic (exact) mass is 417 g/mol. The van der Waals surface area contributed by atoms with Crippen molar-refractivity contribution in [3.8, 4) is 12.1 Å². The highest BCUT2D eigenvalue weighted by atomic mass is 19.1. The molecule has 3 aromatic rings. The van der Waals surface area contributed by atoms with Crippen LogP contribution in [0.2, 0.25) is 0 Å². The van der Waals surface area contributed by atoms with Gasteiger partial charge >= 0.3 is 0 Å². The fourth-order valence-electron chi connectivity index (χ4n) is 4.03. The highest BCUT2D eigenvalue weighted by Gasteiger charge is 2.24. The third-order valence-corrected chi connectivity index (χ3v) is 5.68. The summed E-state index contributed by atoms with van der Waals surface area (Å²) in [6.07, 6.45) is 3.82. The van der Waals surface area contributed by atoms with Gasteiger partial charge < -0.3 is 0 Å². The Morgan fingerprint density at radius 3 is 2.19 bits per heavy atom. The molecule has 1 unspecified atom stereocenters. The Labute approximate surface area is 179 Å². The molecular formula is C24H21F2N5. The first-order valence-electron chi connectivity index (χ1n) is 10.2. The maximum Gasteiger partial charge on any atom is 0.129 e. The molecule has 0 N–H and O–H groups in total. The fraction of sp³-hybridized carbons (Fsp3) is 0.292. The van der Waals surface area contributed by atoms with Crippen LogP contribution < -0.4 is 0 Å². The van der Waals surface area contributed by atoms with E-state index >= 15 is 0 Å². The molecule has 31 heavy (non-hydrogen) atoms. The lowest BCUT2D eigenvalue weighted by Crippen LogP contribution is -2.34. The van der Waals surface area contributed by atoms with Gasteiger partial charge in [0.05, 0.1) is 35.5 Å². The topological polar surface area (TPSA) is 68.6 Å². The highest BCUT2D eigenvalue weighted by molar-refractivity contribution is 5.34. The second-order valence-corrected chi connectivity index (χ2v) is 7.85. The van der Waals surface area contributed by atoms with Crippen LogP contribution >= 0.6 is 0 Å². The van der Waals surface area contributed by atoms with Crippen molar-refractivity contribution in [3.63, 3.8) is 0 Å². The van der Waals surface area contributed by atoms with Gasteiger partial charge in [0.1, 0.15) is 11.6 Å². The van der Waals surface area contributed by atoms with Crippen LogP contribution in [0.25, 0.3) is 0 Å². The van der Waals surface area contributed by atoms with Crippen LogP contribution in [0.3, 0.4) is 0 Å². The van der Waals surface area contributed by atoms with Gasteiger partial charge in [-0.3, -0.25) is 9.58 Å². The van der Waals surface area contributed by atoms with E-state index in [0.717, 1.165) is 31.6 Å². The second-order valence-electron chi connectivity index (χ2n) is 7.85. The first-order chi connectivity index (χ1) is 15.1. The van der Waals surface area contributed by atoms with Crippen molar-refractivity contribution in [1.82, 2.24) is 14.7 Å². The molecule has 5 nitrogen and oxygen atoms in total. The largest absolute Gasteiger partial charge is 0.298 e. The van der Waals surface area contributed by atoms with Crippen molar-refractivity contribution in [2.45, 2.75) is 31.8 Å². The van der Waals surface area contributed by atoms with E-state index in [1.54, 1.807) is 28.9 Å². The Balaban J connectivity index is 1.42. The summed E-state index contributed by atoms with van der Waals surface area (Å²) in [5.41, 5.74) is 2.63. The molecule has 0 amide bonds. The molecule has 0 radical (unpaired) electrons. The van der Waals surface area contributed by atoms with E-state index in [1.165, 1.54) is 12.1 Å². The predicted molar refractivity (Wildman–Crippen MR) is 111 cm³/mol. The molecule has 7 heteroatoms. The number of hydrogen-bond acceptors (Lipinski definition) is 4. The summed E-state index contributed by atoms with van der Waals surface area (Å²) in [6.45, 7) is 2.43. The molecular weight excluding hydrogens is 396 g/mol. The van der Waals surface area contributed by atoms with E-state index < -0.39 is 5.82 Å². The summed E-state index contributed by atoms with van der Waals surface area (Å²) in [5, 5.41) is 22.4. The average molecular weight is 417 g/mol. The summed E-state index contributed by atoms with van der Waals surface area (Å²) < 4.78 is 30.1. The van der Waals surface area contributed by atoms with Crippen molar-refractivity contribution in [2.75, 3.05) is 13.1 Å². The van der Waals surface area contributed by atoms with Gasteiger partial charge in [-0.1, -0.05) is 12.1 Å². The maximum absolute atomic E-state index is 14.3. The van der Waals surface area contributed by atoms with Crippen LogP contribution in [0.1, 0.15) is 46.7 Å². The molecule has 0 aliphatic carbocycles. The number of halogens is 2. The molecule has 1 saturated heterocycles. The SMILES string of the molecule is N#Cc1ccc(CN2CCCC(c3ccn(Cc4ccc(C#N)cc4F)n3)C2)c(F)c1. The average Bonchev–Trinajstić information content (AvgIpc) is 3.25. The molecule has 0 bridgehead atoms. The molecule has 1 atom stereocenters. The van der Waals surface area contributed by atoms with Crippen molar-refractivity contribution in [2.24, 2.45) is 0 Å². The Bertz CT molecular complexity index is 1170. The van der Waals surface area contributed by atoms with Gasteiger partial charge in [-0.05, 0) is 49.7 Å². The number of aromatic nitrogens is 2. The Morgan fingerprint density at radius 1 is 0.935 bits per heavy atom. The quantitative estimate of drug-likeness (QED) is 0.620. The smallest absolute Gasteiger partial charge is 0.129 e. The molecule has 4 rings (SSSR count). The summed E-state index contributed by atoms with van der Waals surface area (Å²) in [7, 11) is 0. The van der Waals surface area contributed by atoms with Crippen molar-refractivity contribution >= 4 is 0 Å². The van der Waals surface area contributed by atoms with Crippen LogP contribution in [-0.4, -0.2) is 27.8 Å². The van der Waals surface area contributed by atoms with Crippen LogP contribution in [0, 0.1) is 34.3 Å². The zero-order chi connectivity index (χ0) is 21.8. The molecule has 1 aliphatic rings. The Hall–Kier alpha value is -3.55. The first-order valence-corrected chi connectivity index (χ1v) is 10.2. The number of piperidine rings is 1. The number of benzene rings is 2. The lowest BCUT2D eigenvalue weighted by atomic mass is 9.94. The summed E-state index contributed by atoms with van der Waals surface area (Å²) in [6, 6.07) is 14.9. The van der Waals surface area contributed by atoms with E-state index in [-0.39, 0.29) is 11.7 Å². The van der Waals surface area contributed by atoms with Crippen LogP contribution in [-0.2, 0) is 13.1 Å². The molecule has 0 spiro atoms. The van der Waals surface area contributed by atoms with Gasteiger partial charge in [-0.25, -0.2) is 8.78 Å². The van der Waals surface area contributed by atoms with Crippen molar-refractivity contribution < 1.29 is 8.78 Å². The molecule has 0 saturated carbocycles.